The Balaban J connectivity index is 0.000000512. The Morgan fingerprint density at radius 2 is 1.66 bits per heavy atom. The van der Waals surface area contributed by atoms with Gasteiger partial charge in [0.15, 0.2) is 0 Å². The number of piperidine rings is 2. The fraction of sp³-hybridized carbons (Fsp3) is 0.510. The number of nitrogens with zero attached hydrogens (tertiary/aromatic N) is 5. The number of pyridine rings is 1. The molecule has 10 heteroatoms. The summed E-state index contributed by atoms with van der Waals surface area (Å²) in [5, 5.41) is 11.3. The van der Waals surface area contributed by atoms with Gasteiger partial charge in [-0.15, -0.1) is 12.3 Å². The molecule has 4 atom stereocenters. The third-order valence-corrected chi connectivity index (χ3v) is 13.1. The number of aldehydes is 1. The first-order chi connectivity index (χ1) is 29.7. The van der Waals surface area contributed by atoms with Crippen molar-refractivity contribution in [1.82, 2.24) is 15.2 Å². The van der Waals surface area contributed by atoms with E-state index in [-0.39, 0.29) is 14.9 Å². The number of hydrogen-bond donors (Lipinski definition) is 3. The van der Waals surface area contributed by atoms with Gasteiger partial charge in [-0.2, -0.15) is 0 Å². The van der Waals surface area contributed by atoms with E-state index in [1.165, 1.54) is 65.4 Å². The molecule has 5 aliphatic rings. The predicted octanol–water partition coefficient (Wildman–Crippen LogP) is 9.49. The van der Waals surface area contributed by atoms with Crippen molar-refractivity contribution in [2.45, 2.75) is 91.9 Å². The normalized spacial score (nSPS) is 21.8. The maximum atomic E-state index is 10.1. The van der Waals surface area contributed by atoms with Crippen LogP contribution in [0.2, 0.25) is 0 Å². The summed E-state index contributed by atoms with van der Waals surface area (Å²) in [6.07, 6.45) is 12.4. The van der Waals surface area contributed by atoms with Gasteiger partial charge in [-0.3, -0.25) is 10.2 Å². The minimum atomic E-state index is 0. The molecule has 3 fully saturated rings. The minimum Gasteiger partial charge on any atom is -0.474 e. The SMILES string of the molecule is C=C=C(C)C(C=C)CCC=O.CC.Cc1ccc(N2CCN(C3CCN(c4ccc(NC5NC6CN(c7cnc8c(c7C)NCCO8)CCC6=CC5C)cc4)CC3)CC2)cc1.[HH].[HH]. The number of aryl methyl sites for hydroxylation is 1. The Bertz CT molecular complexity index is 1970. The monoisotopic (exact) mass is 833 g/mol. The van der Waals surface area contributed by atoms with Crippen molar-refractivity contribution in [3.8, 4) is 5.88 Å². The summed E-state index contributed by atoms with van der Waals surface area (Å²) >= 11 is 0. The molecule has 3 aromatic rings. The van der Waals surface area contributed by atoms with E-state index in [9.17, 15) is 4.79 Å². The molecule has 4 unspecified atom stereocenters. The lowest BCUT2D eigenvalue weighted by atomic mass is 9.88. The third kappa shape index (κ3) is 11.5. The van der Waals surface area contributed by atoms with E-state index in [0.717, 1.165) is 82.1 Å². The van der Waals surface area contributed by atoms with Crippen LogP contribution in [0.3, 0.4) is 0 Å². The molecule has 0 aliphatic carbocycles. The zero-order valence-corrected chi connectivity index (χ0v) is 37.9. The molecule has 1 aromatic heterocycles. The molecule has 10 nitrogen and oxygen atoms in total. The van der Waals surface area contributed by atoms with Crippen LogP contribution >= 0.6 is 0 Å². The van der Waals surface area contributed by atoms with Crippen LogP contribution in [0.4, 0.5) is 28.4 Å². The molecule has 0 radical (unpaired) electrons. The van der Waals surface area contributed by atoms with E-state index in [1.807, 2.05) is 33.0 Å². The molecular formula is C51H76N8O2. The van der Waals surface area contributed by atoms with Gasteiger partial charge in [0.05, 0.1) is 18.1 Å². The number of aromatic nitrogens is 1. The van der Waals surface area contributed by atoms with E-state index in [1.54, 1.807) is 0 Å². The Labute approximate surface area is 369 Å². The molecule has 0 amide bonds. The number of benzene rings is 2. The smallest absolute Gasteiger partial charge is 0.237 e. The van der Waals surface area contributed by atoms with Crippen molar-refractivity contribution >= 4 is 34.7 Å². The van der Waals surface area contributed by atoms with Crippen molar-refractivity contribution in [1.29, 1.82) is 0 Å². The molecule has 6 heterocycles. The number of ether oxygens (including phenoxy) is 1. The number of hydrogen-bond acceptors (Lipinski definition) is 10. The highest BCUT2D eigenvalue weighted by atomic mass is 16.5. The van der Waals surface area contributed by atoms with Crippen LogP contribution in [-0.2, 0) is 4.79 Å². The predicted molar refractivity (Wildman–Crippen MR) is 261 cm³/mol. The van der Waals surface area contributed by atoms with Crippen LogP contribution in [0.25, 0.3) is 0 Å². The van der Waals surface area contributed by atoms with Crippen LogP contribution in [0.5, 0.6) is 5.88 Å². The minimum absolute atomic E-state index is 0. The summed E-state index contributed by atoms with van der Waals surface area (Å²) in [6.45, 7) is 30.1. The average Bonchev–Trinajstić information content (AvgIpc) is 3.31. The van der Waals surface area contributed by atoms with Gasteiger partial charge in [0, 0.05) is 115 Å². The van der Waals surface area contributed by atoms with Crippen LogP contribution in [0, 0.1) is 25.7 Å². The number of nitrogens with one attached hydrogen (secondary N) is 3. The second-order valence-electron chi connectivity index (χ2n) is 16.9. The quantitative estimate of drug-likeness (QED) is 0.0987. The second-order valence-corrected chi connectivity index (χ2v) is 16.9. The van der Waals surface area contributed by atoms with Crippen molar-refractivity contribution in [2.24, 2.45) is 11.8 Å². The fourth-order valence-corrected chi connectivity index (χ4v) is 9.38. The van der Waals surface area contributed by atoms with E-state index < -0.39 is 0 Å². The van der Waals surface area contributed by atoms with Crippen molar-refractivity contribution in [3.63, 3.8) is 0 Å². The summed E-state index contributed by atoms with van der Waals surface area (Å²) in [5.41, 5.74) is 14.1. The van der Waals surface area contributed by atoms with Gasteiger partial charge in [-0.05, 0) is 88.4 Å². The lowest BCUT2D eigenvalue weighted by molar-refractivity contribution is -0.108. The summed E-state index contributed by atoms with van der Waals surface area (Å²) in [5.74, 6) is 1.40. The van der Waals surface area contributed by atoms with Crippen LogP contribution in [0.1, 0.15) is 73.8 Å². The first-order valence-electron chi connectivity index (χ1n) is 22.9. The maximum Gasteiger partial charge on any atom is 0.237 e. The van der Waals surface area contributed by atoms with Crippen molar-refractivity contribution in [2.75, 3.05) is 90.8 Å². The number of allylic oxidation sites excluding steroid dienone is 2. The zero-order chi connectivity index (χ0) is 43.3. The van der Waals surface area contributed by atoms with Gasteiger partial charge >= 0.3 is 0 Å². The molecule has 5 aliphatic heterocycles. The van der Waals surface area contributed by atoms with Gasteiger partial charge in [0.2, 0.25) is 5.88 Å². The highest BCUT2D eigenvalue weighted by molar-refractivity contribution is 5.70. The van der Waals surface area contributed by atoms with Gasteiger partial charge in [-0.1, -0.05) is 62.8 Å². The molecule has 3 N–H and O–H groups in total. The zero-order valence-electron chi connectivity index (χ0n) is 37.9. The first-order valence-corrected chi connectivity index (χ1v) is 22.9. The van der Waals surface area contributed by atoms with Gasteiger partial charge in [0.25, 0.3) is 0 Å². The number of fused-ring (bicyclic) bond motifs is 2. The van der Waals surface area contributed by atoms with Gasteiger partial charge < -0.3 is 34.9 Å². The van der Waals surface area contributed by atoms with Crippen LogP contribution in [-0.4, -0.2) is 99.9 Å². The average molecular weight is 833 g/mol. The lowest BCUT2D eigenvalue weighted by Crippen LogP contribution is -2.57. The van der Waals surface area contributed by atoms with Crippen LogP contribution in [0.15, 0.2) is 96.9 Å². The molecule has 332 valence electrons. The molecular weight excluding hydrogens is 757 g/mol. The Hall–Kier alpha value is -5.02. The number of anilines is 5. The van der Waals surface area contributed by atoms with E-state index in [0.29, 0.717) is 31.0 Å². The second kappa shape index (κ2) is 22.2. The number of carbonyl (C=O) groups excluding carboxylic acids is 1. The molecule has 0 bridgehead atoms. The topological polar surface area (TPSA) is 88.2 Å². The van der Waals surface area contributed by atoms with Crippen molar-refractivity contribution in [3.05, 3.63) is 108 Å². The van der Waals surface area contributed by atoms with E-state index in [2.05, 4.69) is 135 Å². The standard InChI is InChI=1S/C39H52N8O.C10H14O.C2H6.2H2/c1-27-4-8-32(9-5-27)45-19-21-46(22-20-45)34-13-17-44(18-14-34)33-10-6-31(7-11-33)42-38-28(2)24-30-12-16-47(26-35(30)43-38)36-25-41-39-37(29(36)3)40-15-23-48-39;1-4-9(3)10(5-2)7-6-8-11;1-2;;/h4-11,24-25,28,34-35,38,40,42-43H,12-23,26H2,1-3H3;5,8,10H,1-2,6-7H2,3H3;1-2H3;2*1H. The molecule has 2 aromatic carbocycles. The van der Waals surface area contributed by atoms with Crippen LogP contribution < -0.4 is 35.4 Å². The lowest BCUT2D eigenvalue weighted by Gasteiger charge is -2.44. The molecule has 0 saturated carbocycles. The number of rotatable bonds is 11. The first kappa shape index (κ1) is 45.5. The highest BCUT2D eigenvalue weighted by Gasteiger charge is 2.34. The van der Waals surface area contributed by atoms with Crippen molar-refractivity contribution < 1.29 is 12.4 Å². The molecule has 61 heavy (non-hydrogen) atoms. The molecule has 3 saturated heterocycles. The molecule has 0 spiro atoms. The summed E-state index contributed by atoms with van der Waals surface area (Å²) in [4.78, 5) is 25.1. The summed E-state index contributed by atoms with van der Waals surface area (Å²) < 4.78 is 5.77. The van der Waals surface area contributed by atoms with E-state index in [4.69, 9.17) is 4.74 Å². The van der Waals surface area contributed by atoms with Gasteiger partial charge in [0.1, 0.15) is 18.6 Å². The fourth-order valence-electron chi connectivity index (χ4n) is 9.38. The highest BCUT2D eigenvalue weighted by Crippen LogP contribution is 2.37. The third-order valence-electron chi connectivity index (χ3n) is 13.1. The van der Waals surface area contributed by atoms with E-state index >= 15 is 0 Å². The summed E-state index contributed by atoms with van der Waals surface area (Å²) in [6, 6.07) is 19.2. The Morgan fingerprint density at radius 1 is 0.984 bits per heavy atom. The molecule has 8 rings (SSSR count). The van der Waals surface area contributed by atoms with Gasteiger partial charge in [-0.25, -0.2) is 4.98 Å². The number of carbonyl (C=O) groups is 1. The summed E-state index contributed by atoms with van der Waals surface area (Å²) in [7, 11) is 0. The maximum absolute atomic E-state index is 10.1. The Kier molecular flexibility index (Phi) is 16.5. The largest absolute Gasteiger partial charge is 0.474 e. The Morgan fingerprint density at radius 3 is 2.31 bits per heavy atom. The number of piperazine rings is 1.